The number of aromatic nitrogens is 3. The minimum atomic E-state index is -0.0862. The number of rotatable bonds is 6. The van der Waals surface area contributed by atoms with Crippen molar-refractivity contribution in [2.45, 2.75) is 17.2 Å². The fraction of sp³-hybridized carbons (Fsp3) is 0.0952. The van der Waals surface area contributed by atoms with Gasteiger partial charge >= 0.3 is 0 Å². The van der Waals surface area contributed by atoms with Gasteiger partial charge in [-0.15, -0.1) is 11.8 Å². The Morgan fingerprint density at radius 3 is 2.81 bits per heavy atom. The molecule has 0 spiro atoms. The average Bonchev–Trinajstić information content (AvgIpc) is 3.14. The highest BCUT2D eigenvalue weighted by Crippen LogP contribution is 2.26. The first-order valence-electron chi connectivity index (χ1n) is 8.61. The lowest BCUT2D eigenvalue weighted by Crippen LogP contribution is -2.23. The van der Waals surface area contributed by atoms with Crippen molar-refractivity contribution in [2.24, 2.45) is 0 Å². The molecule has 0 saturated carbocycles. The molecule has 4 rings (SSSR count). The molecule has 0 radical (unpaired) electrons. The highest BCUT2D eigenvalue weighted by atomic mass is 32.2. The molecule has 0 atom stereocenters. The Labute approximate surface area is 161 Å². The summed E-state index contributed by atoms with van der Waals surface area (Å²) in [6.07, 6.45) is 7.48. The van der Waals surface area contributed by atoms with Crippen LogP contribution >= 0.6 is 11.8 Å². The van der Waals surface area contributed by atoms with Gasteiger partial charge in [0.15, 0.2) is 0 Å². The maximum Gasteiger partial charge on any atom is 0.252 e. The number of hydrogen-bond donors (Lipinski definition) is 1. The van der Waals surface area contributed by atoms with Crippen molar-refractivity contribution in [3.8, 4) is 0 Å². The van der Waals surface area contributed by atoms with E-state index in [4.69, 9.17) is 0 Å². The molecule has 4 aromatic rings. The van der Waals surface area contributed by atoms with E-state index in [1.807, 2.05) is 71.4 Å². The second-order valence-electron chi connectivity index (χ2n) is 6.03. The second kappa shape index (κ2) is 8.05. The minimum Gasteiger partial charge on any atom is -0.348 e. The number of amides is 1. The number of pyridine rings is 2. The third kappa shape index (κ3) is 4.17. The van der Waals surface area contributed by atoms with Gasteiger partial charge in [0.25, 0.3) is 5.91 Å². The molecule has 5 nitrogen and oxygen atoms in total. The zero-order valence-electron chi connectivity index (χ0n) is 14.6. The number of imidazole rings is 1. The SMILES string of the molecule is O=C(NCc1cccnc1)c1ccccc1SCc1cn2ccccc2n1. The number of fused-ring (bicyclic) bond motifs is 1. The van der Waals surface area contributed by atoms with Gasteiger partial charge in [0, 0.05) is 42.0 Å². The van der Waals surface area contributed by atoms with Gasteiger partial charge in [-0.1, -0.05) is 24.3 Å². The van der Waals surface area contributed by atoms with Gasteiger partial charge in [-0.2, -0.15) is 0 Å². The van der Waals surface area contributed by atoms with Crippen LogP contribution in [-0.4, -0.2) is 20.3 Å². The Morgan fingerprint density at radius 1 is 1.07 bits per heavy atom. The summed E-state index contributed by atoms with van der Waals surface area (Å²) in [6.45, 7) is 0.456. The first kappa shape index (κ1) is 17.3. The standard InChI is InChI=1S/C21H18N4OS/c26-21(23-13-16-6-5-10-22-12-16)18-7-1-2-8-19(18)27-15-17-14-25-11-4-3-9-20(25)24-17/h1-12,14H,13,15H2,(H,23,26). The van der Waals surface area contributed by atoms with Gasteiger partial charge in [0.1, 0.15) is 5.65 Å². The molecule has 0 aliphatic rings. The van der Waals surface area contributed by atoms with Crippen molar-refractivity contribution < 1.29 is 4.79 Å². The maximum atomic E-state index is 12.6. The third-order valence-electron chi connectivity index (χ3n) is 4.10. The van der Waals surface area contributed by atoms with Crippen molar-refractivity contribution in [3.63, 3.8) is 0 Å². The minimum absolute atomic E-state index is 0.0862. The molecule has 1 amide bonds. The van der Waals surface area contributed by atoms with Crippen LogP contribution in [0.1, 0.15) is 21.6 Å². The summed E-state index contributed by atoms with van der Waals surface area (Å²) >= 11 is 1.62. The number of nitrogens with zero attached hydrogens (tertiary/aromatic N) is 3. The quantitative estimate of drug-likeness (QED) is 0.519. The Kier molecular flexibility index (Phi) is 5.16. The number of benzene rings is 1. The number of hydrogen-bond acceptors (Lipinski definition) is 4. The summed E-state index contributed by atoms with van der Waals surface area (Å²) in [5.41, 5.74) is 3.56. The van der Waals surface area contributed by atoms with Gasteiger partial charge < -0.3 is 9.72 Å². The van der Waals surface area contributed by atoms with Crippen LogP contribution in [0, 0.1) is 0 Å². The van der Waals surface area contributed by atoms with Crippen LogP contribution in [0.25, 0.3) is 5.65 Å². The van der Waals surface area contributed by atoms with Crippen LogP contribution < -0.4 is 5.32 Å². The van der Waals surface area contributed by atoms with Crippen LogP contribution in [0.15, 0.2) is 84.3 Å². The fourth-order valence-electron chi connectivity index (χ4n) is 2.77. The Hall–Kier alpha value is -3.12. The molecule has 0 aliphatic heterocycles. The Bertz CT molecular complexity index is 1030. The molecule has 0 unspecified atom stereocenters. The third-order valence-corrected chi connectivity index (χ3v) is 5.20. The van der Waals surface area contributed by atoms with E-state index < -0.39 is 0 Å². The molecule has 0 aliphatic carbocycles. The van der Waals surface area contributed by atoms with Crippen molar-refractivity contribution >= 4 is 23.3 Å². The van der Waals surface area contributed by atoms with Crippen molar-refractivity contribution in [2.75, 3.05) is 0 Å². The van der Waals surface area contributed by atoms with Crippen LogP contribution in [0.5, 0.6) is 0 Å². The molecule has 0 saturated heterocycles. The van der Waals surface area contributed by atoms with Crippen molar-refractivity contribution in [1.29, 1.82) is 0 Å². The highest BCUT2D eigenvalue weighted by Gasteiger charge is 2.12. The van der Waals surface area contributed by atoms with Crippen molar-refractivity contribution in [3.05, 3.63) is 96.2 Å². The summed E-state index contributed by atoms with van der Waals surface area (Å²) < 4.78 is 2.00. The van der Waals surface area contributed by atoms with E-state index in [0.717, 1.165) is 21.8 Å². The van der Waals surface area contributed by atoms with E-state index >= 15 is 0 Å². The van der Waals surface area contributed by atoms with E-state index in [1.54, 1.807) is 24.2 Å². The molecule has 134 valence electrons. The number of nitrogens with one attached hydrogen (secondary N) is 1. The molecular weight excluding hydrogens is 356 g/mol. The van der Waals surface area contributed by atoms with Crippen LogP contribution in [0.3, 0.4) is 0 Å². The topological polar surface area (TPSA) is 59.3 Å². The number of carbonyl (C=O) groups is 1. The van der Waals surface area contributed by atoms with E-state index in [2.05, 4.69) is 15.3 Å². The van der Waals surface area contributed by atoms with Crippen LogP contribution in [0.2, 0.25) is 0 Å². The molecule has 0 fully saturated rings. The monoisotopic (exact) mass is 374 g/mol. The normalized spacial score (nSPS) is 10.8. The van der Waals surface area contributed by atoms with Gasteiger partial charge in [-0.3, -0.25) is 9.78 Å². The summed E-state index contributed by atoms with van der Waals surface area (Å²) in [5.74, 6) is 0.617. The molecule has 0 bridgehead atoms. The Morgan fingerprint density at radius 2 is 1.96 bits per heavy atom. The van der Waals surface area contributed by atoms with Crippen LogP contribution in [-0.2, 0) is 12.3 Å². The summed E-state index contributed by atoms with van der Waals surface area (Å²) in [7, 11) is 0. The number of carbonyl (C=O) groups excluding carboxylic acids is 1. The first-order valence-corrected chi connectivity index (χ1v) is 9.60. The van der Waals surface area contributed by atoms with E-state index in [1.165, 1.54) is 0 Å². The zero-order valence-corrected chi connectivity index (χ0v) is 15.4. The smallest absolute Gasteiger partial charge is 0.252 e. The molecule has 3 heterocycles. The van der Waals surface area contributed by atoms with E-state index in [-0.39, 0.29) is 5.91 Å². The van der Waals surface area contributed by atoms with Gasteiger partial charge in [0.05, 0.1) is 11.3 Å². The lowest BCUT2D eigenvalue weighted by atomic mass is 10.2. The summed E-state index contributed by atoms with van der Waals surface area (Å²) in [4.78, 5) is 22.3. The molecule has 6 heteroatoms. The molecule has 3 aromatic heterocycles. The number of thioether (sulfide) groups is 1. The summed E-state index contributed by atoms with van der Waals surface area (Å²) in [5, 5.41) is 2.96. The summed E-state index contributed by atoms with van der Waals surface area (Å²) in [6, 6.07) is 17.4. The van der Waals surface area contributed by atoms with Gasteiger partial charge in [0.2, 0.25) is 0 Å². The fourth-order valence-corrected chi connectivity index (χ4v) is 3.70. The predicted molar refractivity (Wildman–Crippen MR) is 107 cm³/mol. The lowest BCUT2D eigenvalue weighted by Gasteiger charge is -2.09. The van der Waals surface area contributed by atoms with Gasteiger partial charge in [-0.25, -0.2) is 4.98 Å². The van der Waals surface area contributed by atoms with Crippen LogP contribution in [0.4, 0.5) is 0 Å². The van der Waals surface area contributed by atoms with Gasteiger partial charge in [-0.05, 0) is 35.9 Å². The second-order valence-corrected chi connectivity index (χ2v) is 7.04. The first-order chi connectivity index (χ1) is 13.3. The zero-order chi connectivity index (χ0) is 18.5. The molecular formula is C21H18N4OS. The lowest BCUT2D eigenvalue weighted by molar-refractivity contribution is 0.0948. The molecule has 1 N–H and O–H groups in total. The van der Waals surface area contributed by atoms with E-state index in [0.29, 0.717) is 17.9 Å². The maximum absolute atomic E-state index is 12.6. The molecule has 27 heavy (non-hydrogen) atoms. The highest BCUT2D eigenvalue weighted by molar-refractivity contribution is 7.98. The largest absolute Gasteiger partial charge is 0.348 e. The Balaban J connectivity index is 1.44. The molecule has 1 aromatic carbocycles. The van der Waals surface area contributed by atoms with E-state index in [9.17, 15) is 4.79 Å². The predicted octanol–water partition coefficient (Wildman–Crippen LogP) is 3.95. The average molecular weight is 374 g/mol. The van der Waals surface area contributed by atoms with Crippen molar-refractivity contribution in [1.82, 2.24) is 19.7 Å².